The molecule has 5 N–H and O–H groups in total. The maximum atomic E-state index is 11.9. The summed E-state index contributed by atoms with van der Waals surface area (Å²) >= 11 is 0. The first kappa shape index (κ1) is 18.6. The average Bonchev–Trinajstić information content (AvgIpc) is 2.96. The molecule has 0 saturated heterocycles. The Bertz CT molecular complexity index is 1250. The Hall–Kier alpha value is -3.80. The van der Waals surface area contributed by atoms with Crippen molar-refractivity contribution in [2.45, 2.75) is 13.5 Å². The largest absolute Gasteiger partial charge is 0.370 e. The van der Waals surface area contributed by atoms with Gasteiger partial charge in [0.2, 0.25) is 5.91 Å². The van der Waals surface area contributed by atoms with Crippen molar-refractivity contribution >= 4 is 39.2 Å². The monoisotopic (exact) mass is 385 g/mol. The second-order valence-electron chi connectivity index (χ2n) is 7.09. The van der Waals surface area contributed by atoms with Crippen LogP contribution in [0.25, 0.3) is 32.8 Å². The first-order chi connectivity index (χ1) is 14.0. The Kier molecular flexibility index (Phi) is 4.68. The van der Waals surface area contributed by atoms with E-state index in [1.54, 1.807) is 0 Å². The number of amides is 1. The molecular formula is C23H23N5O. The predicted octanol–water partition coefficient (Wildman–Crippen LogP) is 3.94. The smallest absolute Gasteiger partial charge is 0.221 e. The minimum Gasteiger partial charge on any atom is -0.370 e. The highest BCUT2D eigenvalue weighted by molar-refractivity contribution is 6.06. The van der Waals surface area contributed by atoms with Gasteiger partial charge in [0.15, 0.2) is 5.96 Å². The van der Waals surface area contributed by atoms with Gasteiger partial charge in [-0.05, 0) is 34.0 Å². The van der Waals surface area contributed by atoms with Crippen LogP contribution < -0.4 is 16.4 Å². The number of hydrogen-bond donors (Lipinski definition) is 4. The van der Waals surface area contributed by atoms with E-state index < -0.39 is 0 Å². The molecule has 4 aromatic rings. The molecule has 0 aliphatic heterocycles. The summed E-state index contributed by atoms with van der Waals surface area (Å²) in [5, 5.41) is 16.6. The summed E-state index contributed by atoms with van der Waals surface area (Å²) in [4.78, 5) is 11.9. The van der Waals surface area contributed by atoms with Crippen LogP contribution in [-0.4, -0.2) is 16.4 Å². The minimum atomic E-state index is -0.142. The molecule has 6 nitrogen and oxygen atoms in total. The van der Waals surface area contributed by atoms with Gasteiger partial charge in [0, 0.05) is 19.4 Å². The summed E-state index contributed by atoms with van der Waals surface area (Å²) in [6.07, 6.45) is 0. The van der Waals surface area contributed by atoms with Crippen molar-refractivity contribution in [2.24, 2.45) is 12.8 Å². The highest BCUT2D eigenvalue weighted by atomic mass is 16.1. The number of anilines is 1. The zero-order valence-corrected chi connectivity index (χ0v) is 16.4. The van der Waals surface area contributed by atoms with Crippen LogP contribution in [-0.2, 0) is 18.4 Å². The summed E-state index contributed by atoms with van der Waals surface area (Å²) in [6, 6.07) is 20.9. The Morgan fingerprint density at radius 1 is 1.07 bits per heavy atom. The number of carbonyl (C=O) groups excluding carboxylic acids is 1. The molecule has 0 bridgehead atoms. The molecule has 0 fully saturated rings. The normalized spacial score (nSPS) is 11.0. The maximum absolute atomic E-state index is 11.9. The van der Waals surface area contributed by atoms with Gasteiger partial charge in [-0.3, -0.25) is 10.2 Å². The van der Waals surface area contributed by atoms with Gasteiger partial charge in [-0.1, -0.05) is 48.5 Å². The zero-order chi connectivity index (χ0) is 20.5. The molecule has 0 aliphatic carbocycles. The lowest BCUT2D eigenvalue weighted by Gasteiger charge is -2.09. The van der Waals surface area contributed by atoms with E-state index in [1.165, 1.54) is 17.7 Å². The van der Waals surface area contributed by atoms with Gasteiger partial charge in [-0.2, -0.15) is 0 Å². The van der Waals surface area contributed by atoms with E-state index in [4.69, 9.17) is 11.1 Å². The molecule has 0 unspecified atom stereocenters. The highest BCUT2D eigenvalue weighted by Crippen LogP contribution is 2.36. The van der Waals surface area contributed by atoms with Crippen LogP contribution in [0.5, 0.6) is 0 Å². The first-order valence-electron chi connectivity index (χ1n) is 9.40. The number of aromatic nitrogens is 1. The second-order valence-corrected chi connectivity index (χ2v) is 7.09. The fraction of sp³-hybridized carbons (Fsp3) is 0.130. The van der Waals surface area contributed by atoms with Gasteiger partial charge in [0.1, 0.15) is 0 Å². The van der Waals surface area contributed by atoms with Crippen molar-refractivity contribution in [1.82, 2.24) is 9.88 Å². The molecule has 29 heavy (non-hydrogen) atoms. The zero-order valence-electron chi connectivity index (χ0n) is 16.4. The predicted molar refractivity (Wildman–Crippen MR) is 119 cm³/mol. The lowest BCUT2D eigenvalue weighted by atomic mass is 9.97. The number of nitrogens with zero attached hydrogens (tertiary/aromatic N) is 1. The molecule has 1 aromatic heterocycles. The Labute approximate surface area is 168 Å². The van der Waals surface area contributed by atoms with Gasteiger partial charge in [0.25, 0.3) is 0 Å². The third kappa shape index (κ3) is 3.40. The number of nitrogens with two attached hydrogens (primary N) is 1. The lowest BCUT2D eigenvalue weighted by Crippen LogP contribution is -2.30. The van der Waals surface area contributed by atoms with Crippen molar-refractivity contribution in [3.05, 3.63) is 66.4 Å². The van der Waals surface area contributed by atoms with Crippen molar-refractivity contribution in [3.8, 4) is 11.1 Å². The highest BCUT2D eigenvalue weighted by Gasteiger charge is 2.17. The molecule has 0 aliphatic rings. The van der Waals surface area contributed by atoms with Crippen LogP contribution in [0, 0.1) is 5.41 Å². The van der Waals surface area contributed by atoms with Crippen molar-refractivity contribution in [2.75, 3.05) is 5.32 Å². The fourth-order valence-electron chi connectivity index (χ4n) is 3.84. The Morgan fingerprint density at radius 3 is 2.59 bits per heavy atom. The third-order valence-electron chi connectivity index (χ3n) is 5.17. The summed E-state index contributed by atoms with van der Waals surface area (Å²) in [6.45, 7) is 1.84. The SMILES string of the molecule is CC(=O)Nc1c(CNC(=N)N)n(C)c2ccc(-c3cccc4ccccc34)cc12. The number of aryl methyl sites for hydroxylation is 1. The van der Waals surface area contributed by atoms with E-state index in [9.17, 15) is 4.79 Å². The molecule has 0 atom stereocenters. The van der Waals surface area contributed by atoms with Gasteiger partial charge < -0.3 is 20.9 Å². The van der Waals surface area contributed by atoms with Crippen LogP contribution in [0.15, 0.2) is 60.7 Å². The lowest BCUT2D eigenvalue weighted by molar-refractivity contribution is -0.114. The van der Waals surface area contributed by atoms with E-state index in [2.05, 4.69) is 59.2 Å². The number of fused-ring (bicyclic) bond motifs is 2. The molecule has 1 heterocycles. The van der Waals surface area contributed by atoms with Gasteiger partial charge in [0.05, 0.1) is 23.4 Å². The fourth-order valence-corrected chi connectivity index (χ4v) is 3.84. The van der Waals surface area contributed by atoms with Crippen LogP contribution in [0.4, 0.5) is 5.69 Å². The summed E-state index contributed by atoms with van der Waals surface area (Å²) < 4.78 is 2.02. The first-order valence-corrected chi connectivity index (χ1v) is 9.40. The van der Waals surface area contributed by atoms with Gasteiger partial charge >= 0.3 is 0 Å². The summed E-state index contributed by atoms with van der Waals surface area (Å²) in [5.74, 6) is -0.252. The number of hydrogen-bond acceptors (Lipinski definition) is 2. The second kappa shape index (κ2) is 7.31. The van der Waals surface area contributed by atoms with Crippen LogP contribution in [0.1, 0.15) is 12.6 Å². The van der Waals surface area contributed by atoms with Crippen molar-refractivity contribution < 1.29 is 4.79 Å². The van der Waals surface area contributed by atoms with E-state index in [-0.39, 0.29) is 11.9 Å². The molecule has 6 heteroatoms. The van der Waals surface area contributed by atoms with E-state index in [1.807, 2.05) is 23.7 Å². The molecule has 3 aromatic carbocycles. The number of benzene rings is 3. The Morgan fingerprint density at radius 2 is 1.83 bits per heavy atom. The Balaban J connectivity index is 1.92. The topological polar surface area (TPSA) is 95.9 Å². The van der Waals surface area contributed by atoms with Crippen molar-refractivity contribution in [1.29, 1.82) is 5.41 Å². The maximum Gasteiger partial charge on any atom is 0.221 e. The van der Waals surface area contributed by atoms with Crippen LogP contribution in [0.3, 0.4) is 0 Å². The standard InChI is InChI=1S/C23H23N5O/c1-14(29)27-22-19-12-16(18-9-5-7-15-6-3-4-8-17(15)18)10-11-20(19)28(2)21(22)13-26-23(24)25/h3-12H,13H2,1-2H3,(H,27,29)(H4,24,25,26). The van der Waals surface area contributed by atoms with Gasteiger partial charge in [-0.15, -0.1) is 0 Å². The number of guanidine groups is 1. The summed E-state index contributed by atoms with van der Waals surface area (Å²) in [7, 11) is 1.95. The van der Waals surface area contributed by atoms with Crippen LogP contribution >= 0.6 is 0 Å². The number of rotatable bonds is 4. The van der Waals surface area contributed by atoms with E-state index >= 15 is 0 Å². The average molecular weight is 385 g/mol. The van der Waals surface area contributed by atoms with Gasteiger partial charge in [-0.25, -0.2) is 0 Å². The van der Waals surface area contributed by atoms with Crippen molar-refractivity contribution in [3.63, 3.8) is 0 Å². The molecule has 0 radical (unpaired) electrons. The van der Waals surface area contributed by atoms with Crippen LogP contribution in [0.2, 0.25) is 0 Å². The summed E-state index contributed by atoms with van der Waals surface area (Å²) in [5.41, 5.74) is 10.3. The number of carbonyl (C=O) groups is 1. The quantitative estimate of drug-likeness (QED) is 0.316. The van der Waals surface area contributed by atoms with E-state index in [0.717, 1.165) is 33.4 Å². The molecule has 4 rings (SSSR count). The molecule has 1 amide bonds. The van der Waals surface area contributed by atoms with E-state index in [0.29, 0.717) is 6.54 Å². The molecule has 146 valence electrons. The third-order valence-corrected chi connectivity index (χ3v) is 5.17. The minimum absolute atomic E-state index is 0.111. The molecular weight excluding hydrogens is 362 g/mol. The molecule has 0 spiro atoms. The molecule has 0 saturated carbocycles. The number of nitrogens with one attached hydrogen (secondary N) is 3.